The molecule has 0 aliphatic carbocycles. The molecule has 30 nitrogen and oxygen atoms in total. The molecule has 2 aromatic carbocycles. The fourth-order valence-electron chi connectivity index (χ4n) is 2.27. The number of nitrogen functional groups attached to an aromatic ring is 2. The first-order valence-electron chi connectivity index (χ1n) is 10.00. The van der Waals surface area contributed by atoms with Gasteiger partial charge in [-0.3, -0.25) is 60.7 Å². The van der Waals surface area contributed by atoms with Crippen LogP contribution in [0.1, 0.15) is 0 Å². The van der Waals surface area contributed by atoms with Gasteiger partial charge in [0.1, 0.15) is 0 Å². The second kappa shape index (κ2) is 16.8. The molecule has 4 rings (SSSR count). The summed E-state index contributed by atoms with van der Waals surface area (Å²) in [6.45, 7) is 0. The van der Waals surface area contributed by atoms with Crippen LogP contribution in [0.2, 0.25) is 0 Å². The summed E-state index contributed by atoms with van der Waals surface area (Å²) in [7, 11) is 0. The van der Waals surface area contributed by atoms with Crippen LogP contribution >= 0.6 is 0 Å². The van der Waals surface area contributed by atoms with Crippen molar-refractivity contribution in [3.63, 3.8) is 0 Å². The van der Waals surface area contributed by atoms with Crippen molar-refractivity contribution in [2.75, 3.05) is 11.7 Å². The van der Waals surface area contributed by atoms with Crippen molar-refractivity contribution in [3.05, 3.63) is 97.6 Å². The molecule has 0 aliphatic heterocycles. The Labute approximate surface area is 252 Å². The Morgan fingerprint density at radius 3 is 0.867 bits per heavy atom. The number of tetrazole rings is 2. The first-order chi connectivity index (χ1) is 20.5. The Kier molecular flexibility index (Phi) is 14.1. The average molecular weight is 690 g/mol. The third-order valence-corrected chi connectivity index (χ3v) is 4.01. The van der Waals surface area contributed by atoms with E-state index in [2.05, 4.69) is 30.8 Å². The maximum Gasteiger partial charge on any atom is 2.00 e. The number of hydrogen-bond acceptors (Lipinski definition) is 22. The maximum atomic E-state index is 11.1. The minimum Gasteiger partial charge on any atom is -0.863 e. The van der Waals surface area contributed by atoms with E-state index in [-0.39, 0.29) is 17.1 Å². The molecular weight excluding hydrogens is 680 g/mol. The third-order valence-electron chi connectivity index (χ3n) is 4.01. The molecule has 0 saturated heterocycles. The van der Waals surface area contributed by atoms with Crippen LogP contribution in [0, 0.1) is 60.7 Å². The minimum absolute atomic E-state index is 0. The van der Waals surface area contributed by atoms with Crippen molar-refractivity contribution < 1.29 is 56.8 Å². The average Bonchev–Trinajstić information content (AvgIpc) is 3.62. The van der Waals surface area contributed by atoms with Gasteiger partial charge in [-0.2, -0.15) is 0 Å². The van der Waals surface area contributed by atoms with Crippen molar-refractivity contribution in [1.29, 1.82) is 0 Å². The standard InChI is InChI=1S/2C6H3N3O7.2CH3N5.Cu/c2*10-6-4(8(13)14)1-3(7(11)12)2-5(6)9(15)16;2*2-6-4-1-3-5-6;/h2*1-2,10H;2*1H,2H2;/q;;;;+2/p-2. The van der Waals surface area contributed by atoms with Crippen molar-refractivity contribution in [1.82, 2.24) is 40.6 Å². The quantitative estimate of drug-likeness (QED) is 0.0932. The fourth-order valence-corrected chi connectivity index (χ4v) is 2.27. The van der Waals surface area contributed by atoms with Crippen molar-refractivity contribution in [3.8, 4) is 11.5 Å². The number of nitro benzene ring substituents is 6. The largest absolute Gasteiger partial charge is 2.00 e. The van der Waals surface area contributed by atoms with E-state index < -0.39 is 75.2 Å². The third kappa shape index (κ3) is 11.2. The first kappa shape index (κ1) is 37.7. The molecule has 2 heterocycles. The van der Waals surface area contributed by atoms with Gasteiger partial charge in [0.15, 0.2) is 12.7 Å². The van der Waals surface area contributed by atoms with Gasteiger partial charge in [-0.05, 0) is 10.4 Å². The van der Waals surface area contributed by atoms with Crippen molar-refractivity contribution >= 4 is 34.1 Å². The van der Waals surface area contributed by atoms with Crippen molar-refractivity contribution in [2.45, 2.75) is 0 Å². The van der Waals surface area contributed by atoms with Gasteiger partial charge >= 0.3 is 17.1 Å². The zero-order chi connectivity index (χ0) is 33.7. The molecule has 4 aromatic rings. The number of aromatic nitrogens is 8. The number of non-ortho nitro benzene ring substituents is 2. The maximum absolute atomic E-state index is 11.1. The van der Waals surface area contributed by atoms with Gasteiger partial charge < -0.3 is 21.9 Å². The van der Waals surface area contributed by atoms with Crippen molar-refractivity contribution in [2.24, 2.45) is 0 Å². The first-order valence-corrected chi connectivity index (χ1v) is 10.00. The Bertz CT molecular complexity index is 1490. The summed E-state index contributed by atoms with van der Waals surface area (Å²) in [6, 6.07) is 1.54. The van der Waals surface area contributed by atoms with Gasteiger partial charge in [0.2, 0.25) is 0 Å². The van der Waals surface area contributed by atoms with Crippen LogP contribution in [0.15, 0.2) is 36.9 Å². The van der Waals surface area contributed by atoms with E-state index in [1.165, 1.54) is 12.7 Å². The Morgan fingerprint density at radius 1 is 0.511 bits per heavy atom. The van der Waals surface area contributed by atoms with Gasteiger partial charge in [0.05, 0.1) is 65.3 Å². The van der Waals surface area contributed by atoms with Crippen LogP contribution in [0.25, 0.3) is 0 Å². The minimum atomic E-state index is -1.46. The van der Waals surface area contributed by atoms with Gasteiger partial charge in [0, 0.05) is 0 Å². The van der Waals surface area contributed by atoms with Gasteiger partial charge in [0.25, 0.3) is 34.1 Å². The summed E-state index contributed by atoms with van der Waals surface area (Å²) in [5.41, 5.74) is -6.53. The molecule has 1 radical (unpaired) electrons. The van der Waals surface area contributed by atoms with Crippen LogP contribution in [-0.4, -0.2) is 70.2 Å². The molecule has 0 amide bonds. The summed E-state index contributed by atoms with van der Waals surface area (Å²) in [5, 5.41) is 104. The van der Waals surface area contributed by atoms with Gasteiger partial charge in [-0.25, -0.2) is 0 Å². The smallest absolute Gasteiger partial charge is 0.863 e. The number of nitrogens with zero attached hydrogens (tertiary/aromatic N) is 14. The summed E-state index contributed by atoms with van der Waals surface area (Å²) in [4.78, 5) is 56.8. The van der Waals surface area contributed by atoms with E-state index >= 15 is 0 Å². The summed E-state index contributed by atoms with van der Waals surface area (Å²) in [5.74, 6) is 6.90. The molecule has 241 valence electrons. The Morgan fingerprint density at radius 2 is 0.756 bits per heavy atom. The number of benzene rings is 2. The number of nitrogens with two attached hydrogens (primary N) is 2. The van der Waals surface area contributed by atoms with Gasteiger partial charge in [-0.1, -0.05) is 9.81 Å². The van der Waals surface area contributed by atoms with E-state index in [1.807, 2.05) is 0 Å². The van der Waals surface area contributed by atoms with Gasteiger partial charge in [-0.15, -0.1) is 20.4 Å². The molecule has 0 saturated carbocycles. The predicted octanol–water partition coefficient (Wildman–Crippen LogP) is -2.26. The predicted molar refractivity (Wildman–Crippen MR) is 128 cm³/mol. The van der Waals surface area contributed by atoms with Crippen LogP contribution < -0.4 is 21.9 Å². The molecule has 0 aliphatic rings. The molecule has 45 heavy (non-hydrogen) atoms. The van der Waals surface area contributed by atoms with Crippen LogP contribution in [0.5, 0.6) is 11.5 Å². The monoisotopic (exact) mass is 689 g/mol. The number of rotatable bonds is 6. The SMILES string of the molecule is Nn1ncnn1.Nn1ncnn1.O=[N+]([O-])c1cc([N+](=O)[O-])c([O-])c([N+](=O)[O-])c1.O=[N+]([O-])c1cc([N+](=O)[O-])c([O-])c([N+](=O)[O-])c1.[Cu+2]. The summed E-state index contributed by atoms with van der Waals surface area (Å²) < 4.78 is 0. The zero-order valence-corrected chi connectivity index (χ0v) is 21.8. The van der Waals surface area contributed by atoms with E-state index in [0.717, 1.165) is 9.81 Å². The van der Waals surface area contributed by atoms with E-state index in [0.29, 0.717) is 24.3 Å². The molecule has 31 heteroatoms. The fraction of sp³-hybridized carbons (Fsp3) is 0. The normalized spacial score (nSPS) is 9.24. The number of hydrogen-bond donors (Lipinski definition) is 2. The van der Waals surface area contributed by atoms with E-state index in [4.69, 9.17) is 11.7 Å². The molecule has 0 fully saturated rings. The molecule has 0 spiro atoms. The van der Waals surface area contributed by atoms with E-state index in [1.54, 1.807) is 0 Å². The number of nitro groups is 6. The molecule has 0 unspecified atom stereocenters. The molecular formula is C14H10CuN16O14. The van der Waals surface area contributed by atoms with Crippen LogP contribution in [0.4, 0.5) is 34.1 Å². The second-order valence-corrected chi connectivity index (χ2v) is 6.68. The van der Waals surface area contributed by atoms with E-state index in [9.17, 15) is 70.9 Å². The zero-order valence-electron chi connectivity index (χ0n) is 20.9. The second-order valence-electron chi connectivity index (χ2n) is 6.68. The van der Waals surface area contributed by atoms with Crippen LogP contribution in [-0.2, 0) is 17.1 Å². The Balaban J connectivity index is 0.000000621. The summed E-state index contributed by atoms with van der Waals surface area (Å²) >= 11 is 0. The summed E-state index contributed by atoms with van der Waals surface area (Å²) in [6.07, 6.45) is 2.53. The molecule has 0 bridgehead atoms. The Hall–Kier alpha value is -7.30. The molecule has 4 N–H and O–H groups in total. The molecule has 2 aromatic heterocycles. The topological polar surface area (TPSA) is 444 Å². The van der Waals surface area contributed by atoms with Crippen LogP contribution in [0.3, 0.4) is 0 Å². The molecule has 0 atom stereocenters.